The van der Waals surface area contributed by atoms with Crippen LogP contribution >= 0.6 is 0 Å². The predicted molar refractivity (Wildman–Crippen MR) is 109 cm³/mol. The van der Waals surface area contributed by atoms with Gasteiger partial charge >= 0.3 is 0 Å². The minimum absolute atomic E-state index is 0.000193. The molecule has 0 amide bonds. The highest BCUT2D eigenvalue weighted by Crippen LogP contribution is 2.30. The largest absolute Gasteiger partial charge is 0.493 e. The number of nitrogens with two attached hydrogens (primary N) is 1. The molecule has 0 spiro atoms. The average molecular weight is 366 g/mol. The van der Waals surface area contributed by atoms with Crippen molar-refractivity contribution in [3.63, 3.8) is 0 Å². The number of methoxy groups -OCH3 is 1. The molecule has 0 fully saturated rings. The van der Waals surface area contributed by atoms with E-state index in [1.807, 2.05) is 12.1 Å². The summed E-state index contributed by atoms with van der Waals surface area (Å²) >= 11 is 0. The molecule has 26 heavy (non-hydrogen) atoms. The molecule has 0 aliphatic carbocycles. The first-order valence-corrected chi connectivity index (χ1v) is 10.0. The average Bonchev–Trinajstić information content (AvgIpc) is 2.62. The van der Waals surface area contributed by atoms with Gasteiger partial charge in [-0.3, -0.25) is 0 Å². The second kappa shape index (κ2) is 11.5. The van der Waals surface area contributed by atoms with E-state index in [0.29, 0.717) is 0 Å². The Labute approximate surface area is 160 Å². The summed E-state index contributed by atoms with van der Waals surface area (Å²) in [5.74, 6) is 2.57. The predicted octanol–water partition coefficient (Wildman–Crippen LogP) is 4.57. The molecule has 0 radical (unpaired) electrons. The number of aliphatic hydroxyl groups is 1. The molecule has 0 saturated carbocycles. The number of aryl methyl sites for hydroxylation is 1. The molecule has 1 atom stereocenters. The van der Waals surface area contributed by atoms with Crippen molar-refractivity contribution in [1.29, 1.82) is 0 Å². The highest BCUT2D eigenvalue weighted by atomic mass is 16.5. The summed E-state index contributed by atoms with van der Waals surface area (Å²) < 4.78 is 11.4. The van der Waals surface area contributed by atoms with E-state index in [2.05, 4.69) is 33.8 Å². The van der Waals surface area contributed by atoms with Crippen LogP contribution in [0, 0.1) is 11.8 Å². The summed E-state index contributed by atoms with van der Waals surface area (Å²) in [6, 6.07) is 6.07. The smallest absolute Gasteiger partial charge is 0.161 e. The lowest BCUT2D eigenvalue weighted by Crippen LogP contribution is -2.48. The van der Waals surface area contributed by atoms with Gasteiger partial charge in [-0.25, -0.2) is 0 Å². The van der Waals surface area contributed by atoms with E-state index in [1.54, 1.807) is 7.11 Å². The summed E-state index contributed by atoms with van der Waals surface area (Å²) in [4.78, 5) is 0. The Balaban J connectivity index is 2.53. The Morgan fingerprint density at radius 3 is 2.38 bits per heavy atom. The van der Waals surface area contributed by atoms with E-state index in [1.165, 1.54) is 19.3 Å². The molecule has 0 heterocycles. The van der Waals surface area contributed by atoms with Gasteiger partial charge in [0.05, 0.1) is 20.3 Å². The molecular formula is C22H39NO3. The maximum Gasteiger partial charge on any atom is 0.161 e. The molecule has 1 rings (SSSR count). The van der Waals surface area contributed by atoms with Crippen LogP contribution in [0.4, 0.5) is 0 Å². The third-order valence-electron chi connectivity index (χ3n) is 5.23. The monoisotopic (exact) mass is 365 g/mol. The van der Waals surface area contributed by atoms with Gasteiger partial charge in [0.15, 0.2) is 11.5 Å². The van der Waals surface area contributed by atoms with Crippen molar-refractivity contribution in [2.45, 2.75) is 71.8 Å². The van der Waals surface area contributed by atoms with E-state index < -0.39 is 5.54 Å². The van der Waals surface area contributed by atoms with Gasteiger partial charge in [0, 0.05) is 5.54 Å². The van der Waals surface area contributed by atoms with Crippen LogP contribution in [0.1, 0.15) is 65.4 Å². The number of unbranched alkanes of at least 4 members (excludes halogenated alkanes) is 2. The molecule has 1 aromatic carbocycles. The lowest BCUT2D eigenvalue weighted by molar-refractivity contribution is 0.146. The molecule has 0 aliphatic heterocycles. The van der Waals surface area contributed by atoms with Gasteiger partial charge in [0.2, 0.25) is 0 Å². The van der Waals surface area contributed by atoms with E-state index >= 15 is 0 Å². The molecule has 0 saturated heterocycles. The van der Waals surface area contributed by atoms with Crippen LogP contribution in [0.2, 0.25) is 0 Å². The van der Waals surface area contributed by atoms with Crippen molar-refractivity contribution in [1.82, 2.24) is 0 Å². The van der Waals surface area contributed by atoms with Crippen LogP contribution in [0.25, 0.3) is 0 Å². The summed E-state index contributed by atoms with van der Waals surface area (Å²) in [6.07, 6.45) is 6.36. The quantitative estimate of drug-likeness (QED) is 0.503. The van der Waals surface area contributed by atoms with Crippen LogP contribution < -0.4 is 15.2 Å². The molecule has 3 N–H and O–H groups in total. The topological polar surface area (TPSA) is 64.7 Å². The van der Waals surface area contributed by atoms with Crippen LogP contribution in [-0.2, 0) is 6.42 Å². The second-order valence-electron chi connectivity index (χ2n) is 8.12. The van der Waals surface area contributed by atoms with Crippen LogP contribution in [0.5, 0.6) is 11.5 Å². The summed E-state index contributed by atoms with van der Waals surface area (Å²) in [5.41, 5.74) is 6.91. The van der Waals surface area contributed by atoms with Gasteiger partial charge in [0.1, 0.15) is 0 Å². The fraction of sp³-hybridized carbons (Fsp3) is 0.727. The fourth-order valence-electron chi connectivity index (χ4n) is 2.93. The van der Waals surface area contributed by atoms with Crippen molar-refractivity contribution < 1.29 is 14.6 Å². The summed E-state index contributed by atoms with van der Waals surface area (Å²) in [6.45, 7) is 9.35. The first kappa shape index (κ1) is 22.8. The van der Waals surface area contributed by atoms with Crippen LogP contribution in [-0.4, -0.2) is 31.0 Å². The summed E-state index contributed by atoms with van der Waals surface area (Å²) in [7, 11) is 1.67. The molecule has 0 unspecified atom stereocenters. The molecule has 0 bridgehead atoms. The standard InChI is InChI=1S/C22H39NO3/c1-17(2)9-7-6-8-14-26-20-11-10-19(15-21(20)25-5)12-13-22(23,16-24)18(3)4/h10-11,15,17-18,24H,6-9,12-14,16,23H2,1-5H3/t22-/m1/s1. The molecule has 1 aromatic rings. The van der Waals surface area contributed by atoms with E-state index in [9.17, 15) is 5.11 Å². The van der Waals surface area contributed by atoms with Crippen LogP contribution in [0.3, 0.4) is 0 Å². The van der Waals surface area contributed by atoms with Crippen molar-refractivity contribution in [2.75, 3.05) is 20.3 Å². The van der Waals surface area contributed by atoms with E-state index in [4.69, 9.17) is 15.2 Å². The highest BCUT2D eigenvalue weighted by molar-refractivity contribution is 5.43. The van der Waals surface area contributed by atoms with Crippen molar-refractivity contribution >= 4 is 0 Å². The normalized spacial score (nSPS) is 13.9. The zero-order valence-corrected chi connectivity index (χ0v) is 17.4. The molecular weight excluding hydrogens is 326 g/mol. The SMILES string of the molecule is COc1cc(CC[C@@](N)(CO)C(C)C)ccc1OCCCCCC(C)C. The number of benzene rings is 1. The third-order valence-corrected chi connectivity index (χ3v) is 5.23. The second-order valence-corrected chi connectivity index (χ2v) is 8.12. The Bertz CT molecular complexity index is 516. The number of hydrogen-bond donors (Lipinski definition) is 2. The maximum atomic E-state index is 9.60. The van der Waals surface area contributed by atoms with Crippen molar-refractivity contribution in [2.24, 2.45) is 17.6 Å². The zero-order valence-electron chi connectivity index (χ0n) is 17.4. The minimum atomic E-state index is -0.543. The highest BCUT2D eigenvalue weighted by Gasteiger charge is 2.27. The van der Waals surface area contributed by atoms with E-state index in [0.717, 1.165) is 48.8 Å². The van der Waals surface area contributed by atoms with Crippen LogP contribution in [0.15, 0.2) is 18.2 Å². The fourth-order valence-corrected chi connectivity index (χ4v) is 2.93. The van der Waals surface area contributed by atoms with Gasteiger partial charge in [-0.15, -0.1) is 0 Å². The molecule has 150 valence electrons. The Morgan fingerprint density at radius 1 is 1.08 bits per heavy atom. The third kappa shape index (κ3) is 7.55. The number of hydrogen-bond acceptors (Lipinski definition) is 4. The molecule has 4 heteroatoms. The zero-order chi connectivity index (χ0) is 19.6. The molecule has 0 aromatic heterocycles. The number of ether oxygens (including phenoxy) is 2. The van der Waals surface area contributed by atoms with Gasteiger partial charge in [-0.1, -0.05) is 53.0 Å². The van der Waals surface area contributed by atoms with Gasteiger partial charge in [-0.05, 0) is 48.8 Å². The lowest BCUT2D eigenvalue weighted by Gasteiger charge is -2.31. The Morgan fingerprint density at radius 2 is 1.81 bits per heavy atom. The summed E-state index contributed by atoms with van der Waals surface area (Å²) in [5, 5.41) is 9.60. The van der Waals surface area contributed by atoms with Gasteiger partial charge in [-0.2, -0.15) is 0 Å². The van der Waals surface area contributed by atoms with Crippen molar-refractivity contribution in [3.8, 4) is 11.5 Å². The first-order valence-electron chi connectivity index (χ1n) is 10.0. The lowest BCUT2D eigenvalue weighted by atomic mass is 9.83. The first-order chi connectivity index (χ1) is 12.3. The van der Waals surface area contributed by atoms with Gasteiger partial charge < -0.3 is 20.3 Å². The van der Waals surface area contributed by atoms with Gasteiger partial charge in [0.25, 0.3) is 0 Å². The maximum absolute atomic E-state index is 9.60. The Hall–Kier alpha value is -1.26. The van der Waals surface area contributed by atoms with E-state index in [-0.39, 0.29) is 12.5 Å². The Kier molecular flexibility index (Phi) is 10.0. The minimum Gasteiger partial charge on any atom is -0.493 e. The number of rotatable bonds is 13. The van der Waals surface area contributed by atoms with Crippen molar-refractivity contribution in [3.05, 3.63) is 23.8 Å². The number of aliphatic hydroxyl groups excluding tert-OH is 1. The molecule has 0 aliphatic rings. The molecule has 4 nitrogen and oxygen atoms in total.